The number of aromatic nitrogens is 2. The van der Waals surface area contributed by atoms with Crippen LogP contribution in [0, 0.1) is 0 Å². The molecule has 4 rings (SSSR count). The van der Waals surface area contributed by atoms with E-state index < -0.39 is 0 Å². The summed E-state index contributed by atoms with van der Waals surface area (Å²) in [6.07, 6.45) is 4.42. The zero-order valence-corrected chi connectivity index (χ0v) is 17.8. The second-order valence-electron chi connectivity index (χ2n) is 6.65. The Morgan fingerprint density at radius 2 is 2.04 bits per heavy atom. The number of nitrogens with zero attached hydrogens (tertiary/aromatic N) is 2. The van der Waals surface area contributed by atoms with E-state index in [4.69, 9.17) is 4.98 Å². The lowest BCUT2D eigenvalue weighted by atomic mass is 9.97. The Hall–Kier alpha value is -1.37. The molecule has 0 saturated heterocycles. The Labute approximate surface area is 169 Å². The summed E-state index contributed by atoms with van der Waals surface area (Å²) in [5.74, 6) is 0.750. The number of fused-ring (bicyclic) bond motifs is 3. The Kier molecular flexibility index (Phi) is 5.08. The van der Waals surface area contributed by atoms with Crippen LogP contribution in [-0.4, -0.2) is 15.3 Å². The molecular formula is C20H19BrN2OS2. The fraction of sp³-hybridized carbons (Fsp3) is 0.300. The van der Waals surface area contributed by atoms with Crippen LogP contribution in [0.4, 0.5) is 0 Å². The summed E-state index contributed by atoms with van der Waals surface area (Å²) < 4.78 is 2.76. The summed E-state index contributed by atoms with van der Waals surface area (Å²) in [4.78, 5) is 20.6. The van der Waals surface area contributed by atoms with Crippen molar-refractivity contribution in [3.63, 3.8) is 0 Å². The van der Waals surface area contributed by atoms with E-state index in [0.29, 0.717) is 0 Å². The van der Waals surface area contributed by atoms with Gasteiger partial charge in [0.05, 0.1) is 11.1 Å². The molecule has 2 aromatic heterocycles. The summed E-state index contributed by atoms with van der Waals surface area (Å²) in [7, 11) is 0. The lowest BCUT2D eigenvalue weighted by Crippen LogP contribution is -2.22. The zero-order chi connectivity index (χ0) is 18.3. The monoisotopic (exact) mass is 446 g/mol. The highest BCUT2D eigenvalue weighted by Crippen LogP contribution is 2.35. The van der Waals surface area contributed by atoms with Gasteiger partial charge in [0.25, 0.3) is 5.56 Å². The molecule has 134 valence electrons. The van der Waals surface area contributed by atoms with Crippen molar-refractivity contribution in [2.75, 3.05) is 5.75 Å². The van der Waals surface area contributed by atoms with Crippen molar-refractivity contribution < 1.29 is 0 Å². The molecule has 0 N–H and O–H groups in total. The summed E-state index contributed by atoms with van der Waals surface area (Å²) >= 11 is 6.75. The Balaban J connectivity index is 1.97. The summed E-state index contributed by atoms with van der Waals surface area (Å²) in [5.41, 5.74) is 3.21. The Morgan fingerprint density at radius 3 is 2.77 bits per heavy atom. The predicted molar refractivity (Wildman–Crippen MR) is 115 cm³/mol. The number of thioether (sulfide) groups is 1. The highest BCUT2D eigenvalue weighted by atomic mass is 79.9. The molecule has 1 aromatic carbocycles. The van der Waals surface area contributed by atoms with Gasteiger partial charge >= 0.3 is 0 Å². The normalized spacial score (nSPS) is 13.8. The Morgan fingerprint density at radius 1 is 1.31 bits per heavy atom. The highest BCUT2D eigenvalue weighted by molar-refractivity contribution is 9.10. The fourth-order valence-electron chi connectivity index (χ4n) is 3.29. The Bertz CT molecular complexity index is 1050. The van der Waals surface area contributed by atoms with Crippen molar-refractivity contribution in [1.29, 1.82) is 0 Å². The van der Waals surface area contributed by atoms with Crippen LogP contribution < -0.4 is 5.56 Å². The van der Waals surface area contributed by atoms with E-state index in [1.54, 1.807) is 27.7 Å². The molecule has 0 bridgehead atoms. The topological polar surface area (TPSA) is 34.9 Å². The maximum absolute atomic E-state index is 13.5. The molecule has 6 heteroatoms. The molecule has 3 aromatic rings. The van der Waals surface area contributed by atoms with Gasteiger partial charge in [-0.2, -0.15) is 0 Å². The average Bonchev–Trinajstić information content (AvgIpc) is 2.99. The molecule has 3 nitrogen and oxygen atoms in total. The van der Waals surface area contributed by atoms with E-state index in [0.717, 1.165) is 56.1 Å². The van der Waals surface area contributed by atoms with Crippen molar-refractivity contribution >= 4 is 49.2 Å². The smallest absolute Gasteiger partial charge is 0.267 e. The van der Waals surface area contributed by atoms with Crippen LogP contribution in [0.1, 0.15) is 30.2 Å². The zero-order valence-electron chi connectivity index (χ0n) is 14.5. The first-order valence-electron chi connectivity index (χ1n) is 8.65. The van der Waals surface area contributed by atoms with Crippen molar-refractivity contribution in [1.82, 2.24) is 9.55 Å². The largest absolute Gasteiger partial charge is 0.268 e. The molecular weight excluding hydrogens is 428 g/mol. The SMILES string of the molecule is C=C(C)CSc1nc2sc3c(c2c(=O)n1-c1ccc(Br)cc1)CCCC3. The van der Waals surface area contributed by atoms with Gasteiger partial charge in [-0.3, -0.25) is 9.36 Å². The molecule has 0 aliphatic heterocycles. The predicted octanol–water partition coefficient (Wildman–Crippen LogP) is 5.76. The molecule has 1 aliphatic rings. The second-order valence-corrected chi connectivity index (χ2v) is 9.59. The highest BCUT2D eigenvalue weighted by Gasteiger charge is 2.22. The third-order valence-corrected chi connectivity index (χ3v) is 7.37. The minimum absolute atomic E-state index is 0.0564. The van der Waals surface area contributed by atoms with Crippen LogP contribution in [0.5, 0.6) is 0 Å². The molecule has 0 spiro atoms. The number of hydrogen-bond donors (Lipinski definition) is 0. The van der Waals surface area contributed by atoms with Gasteiger partial charge in [0.15, 0.2) is 5.16 Å². The van der Waals surface area contributed by atoms with E-state index in [-0.39, 0.29) is 5.56 Å². The molecule has 0 saturated carbocycles. The molecule has 26 heavy (non-hydrogen) atoms. The maximum Gasteiger partial charge on any atom is 0.267 e. The number of halogens is 1. The lowest BCUT2D eigenvalue weighted by molar-refractivity contribution is 0.699. The lowest BCUT2D eigenvalue weighted by Gasteiger charge is -2.13. The molecule has 0 atom stereocenters. The molecule has 0 radical (unpaired) electrons. The summed E-state index contributed by atoms with van der Waals surface area (Å²) in [6.45, 7) is 5.98. The third kappa shape index (κ3) is 3.30. The van der Waals surface area contributed by atoms with Gasteiger partial charge in [0.2, 0.25) is 0 Å². The number of benzene rings is 1. The quantitative estimate of drug-likeness (QED) is 0.290. The van der Waals surface area contributed by atoms with Crippen molar-refractivity contribution in [2.24, 2.45) is 0 Å². The molecule has 0 fully saturated rings. The van der Waals surface area contributed by atoms with Crippen LogP contribution in [0.25, 0.3) is 15.9 Å². The van der Waals surface area contributed by atoms with Crippen LogP contribution in [0.3, 0.4) is 0 Å². The number of aryl methyl sites for hydroxylation is 2. The number of hydrogen-bond acceptors (Lipinski definition) is 4. The number of rotatable bonds is 4. The minimum Gasteiger partial charge on any atom is -0.268 e. The third-order valence-electron chi connectivity index (χ3n) is 4.49. The van der Waals surface area contributed by atoms with E-state index in [2.05, 4.69) is 22.5 Å². The van der Waals surface area contributed by atoms with Gasteiger partial charge in [-0.25, -0.2) is 4.98 Å². The van der Waals surface area contributed by atoms with Gasteiger partial charge < -0.3 is 0 Å². The fourth-order valence-corrected chi connectivity index (χ4v) is 5.71. The maximum atomic E-state index is 13.5. The van der Waals surface area contributed by atoms with E-state index in [1.807, 2.05) is 31.2 Å². The first-order chi connectivity index (χ1) is 12.5. The standard InChI is InChI=1S/C20H19BrN2OS2/c1-12(2)11-25-20-22-18-17(15-5-3-4-6-16(15)26-18)19(24)23(20)14-9-7-13(21)8-10-14/h7-10H,1,3-6,11H2,2H3. The minimum atomic E-state index is 0.0564. The van der Waals surface area contributed by atoms with Crippen molar-refractivity contribution in [3.8, 4) is 5.69 Å². The second kappa shape index (κ2) is 7.33. The molecule has 0 unspecified atom stereocenters. The number of thiophene rings is 1. The van der Waals surface area contributed by atoms with Gasteiger partial charge in [-0.15, -0.1) is 11.3 Å². The van der Waals surface area contributed by atoms with E-state index >= 15 is 0 Å². The molecule has 0 amide bonds. The summed E-state index contributed by atoms with van der Waals surface area (Å²) in [5, 5.41) is 1.57. The van der Waals surface area contributed by atoms with Crippen LogP contribution in [-0.2, 0) is 12.8 Å². The van der Waals surface area contributed by atoms with Crippen molar-refractivity contribution in [3.05, 3.63) is 61.7 Å². The van der Waals surface area contributed by atoms with Crippen LogP contribution in [0.15, 0.2) is 50.8 Å². The van der Waals surface area contributed by atoms with E-state index in [1.165, 1.54) is 16.9 Å². The van der Waals surface area contributed by atoms with Gasteiger partial charge in [0.1, 0.15) is 4.83 Å². The van der Waals surface area contributed by atoms with Gasteiger partial charge in [0, 0.05) is 15.1 Å². The van der Waals surface area contributed by atoms with Gasteiger partial charge in [-0.05, 0) is 62.4 Å². The van der Waals surface area contributed by atoms with Crippen LogP contribution in [0.2, 0.25) is 0 Å². The van der Waals surface area contributed by atoms with E-state index in [9.17, 15) is 4.79 Å². The van der Waals surface area contributed by atoms with Crippen molar-refractivity contribution in [2.45, 2.75) is 37.8 Å². The molecule has 2 heterocycles. The first kappa shape index (κ1) is 18.0. The summed E-state index contributed by atoms with van der Waals surface area (Å²) in [6, 6.07) is 7.84. The first-order valence-corrected chi connectivity index (χ1v) is 11.2. The average molecular weight is 447 g/mol. The molecule has 1 aliphatic carbocycles. The van der Waals surface area contributed by atoms with Gasteiger partial charge in [-0.1, -0.05) is 39.8 Å². The van der Waals surface area contributed by atoms with Crippen LogP contribution >= 0.6 is 39.0 Å².